The third-order valence-corrected chi connectivity index (χ3v) is 4.83. The van der Waals surface area contributed by atoms with E-state index >= 15 is 0 Å². The second kappa shape index (κ2) is 6.49. The van der Waals surface area contributed by atoms with Crippen LogP contribution in [0, 0.1) is 18.3 Å². The van der Waals surface area contributed by atoms with Crippen LogP contribution in [-0.4, -0.2) is 46.2 Å². The Morgan fingerprint density at radius 2 is 2.05 bits per heavy atom. The van der Waals surface area contributed by atoms with Crippen molar-refractivity contribution in [3.63, 3.8) is 0 Å². The van der Waals surface area contributed by atoms with Crippen LogP contribution in [0.15, 0.2) is 12.4 Å². The Labute approximate surface area is 129 Å². The Kier molecular flexibility index (Phi) is 5.10. The molecule has 0 bridgehead atoms. The molecule has 1 N–H and O–H groups in total. The van der Waals surface area contributed by atoms with Crippen molar-refractivity contribution in [2.45, 2.75) is 60.2 Å². The molecule has 4 heteroatoms. The molecule has 0 aliphatic carbocycles. The number of hydrogen-bond donors (Lipinski definition) is 1. The maximum absolute atomic E-state index is 4.32. The summed E-state index contributed by atoms with van der Waals surface area (Å²) in [7, 11) is 0. The fourth-order valence-electron chi connectivity index (χ4n) is 3.20. The largest absolute Gasteiger partial charge is 0.334 e. The van der Waals surface area contributed by atoms with E-state index in [1.165, 1.54) is 0 Å². The smallest absolute Gasteiger partial charge is 0.105 e. The van der Waals surface area contributed by atoms with Crippen molar-refractivity contribution in [1.29, 1.82) is 0 Å². The van der Waals surface area contributed by atoms with Crippen LogP contribution in [0.1, 0.15) is 40.4 Å². The van der Waals surface area contributed by atoms with E-state index in [1.807, 2.05) is 6.20 Å². The summed E-state index contributed by atoms with van der Waals surface area (Å²) in [6.07, 6.45) is 3.98. The SMILES string of the molecule is Cc1nccn1CCN1CC(C(C)(C)C)NCC1C(C)C. The lowest BCUT2D eigenvalue weighted by Gasteiger charge is -2.46. The predicted molar refractivity (Wildman–Crippen MR) is 88.4 cm³/mol. The molecule has 2 heterocycles. The fourth-order valence-corrected chi connectivity index (χ4v) is 3.20. The normalized spacial score (nSPS) is 24.7. The number of imidazole rings is 1. The minimum Gasteiger partial charge on any atom is -0.334 e. The molecule has 0 aromatic carbocycles. The highest BCUT2D eigenvalue weighted by atomic mass is 15.3. The number of nitrogens with zero attached hydrogens (tertiary/aromatic N) is 3. The molecule has 120 valence electrons. The first-order valence-electron chi connectivity index (χ1n) is 8.24. The second-order valence-corrected chi connectivity index (χ2v) is 7.80. The summed E-state index contributed by atoms with van der Waals surface area (Å²) >= 11 is 0. The van der Waals surface area contributed by atoms with Crippen molar-refractivity contribution < 1.29 is 0 Å². The van der Waals surface area contributed by atoms with Gasteiger partial charge in [-0.05, 0) is 18.3 Å². The summed E-state index contributed by atoms with van der Waals surface area (Å²) in [5, 5.41) is 3.76. The number of aromatic nitrogens is 2. The molecule has 1 aromatic heterocycles. The first-order valence-corrected chi connectivity index (χ1v) is 8.24. The van der Waals surface area contributed by atoms with Crippen molar-refractivity contribution in [3.05, 3.63) is 18.2 Å². The topological polar surface area (TPSA) is 33.1 Å². The van der Waals surface area contributed by atoms with Gasteiger partial charge in [0.25, 0.3) is 0 Å². The first kappa shape index (κ1) is 16.5. The summed E-state index contributed by atoms with van der Waals surface area (Å²) < 4.78 is 2.26. The predicted octanol–water partition coefficient (Wildman–Crippen LogP) is 2.54. The van der Waals surface area contributed by atoms with Crippen LogP contribution in [0.25, 0.3) is 0 Å². The average molecular weight is 292 g/mol. The monoisotopic (exact) mass is 292 g/mol. The molecule has 0 amide bonds. The van der Waals surface area contributed by atoms with E-state index in [0.29, 0.717) is 23.4 Å². The average Bonchev–Trinajstić information content (AvgIpc) is 2.80. The van der Waals surface area contributed by atoms with Gasteiger partial charge in [-0.15, -0.1) is 0 Å². The Balaban J connectivity index is 2.02. The number of rotatable bonds is 4. The summed E-state index contributed by atoms with van der Waals surface area (Å²) in [6, 6.07) is 1.20. The highest BCUT2D eigenvalue weighted by Gasteiger charge is 2.34. The van der Waals surface area contributed by atoms with Crippen LogP contribution in [-0.2, 0) is 6.54 Å². The Bertz CT molecular complexity index is 444. The van der Waals surface area contributed by atoms with Gasteiger partial charge in [0.15, 0.2) is 0 Å². The van der Waals surface area contributed by atoms with E-state index in [1.54, 1.807) is 0 Å². The van der Waals surface area contributed by atoms with Gasteiger partial charge >= 0.3 is 0 Å². The van der Waals surface area contributed by atoms with Gasteiger partial charge in [-0.2, -0.15) is 0 Å². The van der Waals surface area contributed by atoms with E-state index < -0.39 is 0 Å². The minimum absolute atomic E-state index is 0.311. The molecule has 1 aliphatic rings. The van der Waals surface area contributed by atoms with Gasteiger partial charge in [0.2, 0.25) is 0 Å². The highest BCUT2D eigenvalue weighted by Crippen LogP contribution is 2.25. The molecular formula is C17H32N4. The third-order valence-electron chi connectivity index (χ3n) is 4.83. The number of aryl methyl sites for hydroxylation is 1. The van der Waals surface area contributed by atoms with E-state index in [4.69, 9.17) is 0 Å². The van der Waals surface area contributed by atoms with Gasteiger partial charge < -0.3 is 9.88 Å². The quantitative estimate of drug-likeness (QED) is 0.926. The zero-order valence-electron chi connectivity index (χ0n) is 14.6. The van der Waals surface area contributed by atoms with Crippen LogP contribution >= 0.6 is 0 Å². The van der Waals surface area contributed by atoms with E-state index in [0.717, 1.165) is 32.0 Å². The Morgan fingerprint density at radius 1 is 1.33 bits per heavy atom. The van der Waals surface area contributed by atoms with Crippen LogP contribution in [0.2, 0.25) is 0 Å². The standard InChI is InChI=1S/C17H32N4/c1-13(2)15-11-19-16(17(4,5)6)12-21(15)10-9-20-8-7-18-14(20)3/h7-8,13,15-16,19H,9-12H2,1-6H3. The van der Waals surface area contributed by atoms with Crippen molar-refractivity contribution in [1.82, 2.24) is 19.8 Å². The molecule has 1 aromatic rings. The molecule has 4 nitrogen and oxygen atoms in total. The zero-order chi connectivity index (χ0) is 15.6. The molecule has 1 saturated heterocycles. The summed E-state index contributed by atoms with van der Waals surface area (Å²) in [4.78, 5) is 7.00. The second-order valence-electron chi connectivity index (χ2n) is 7.80. The van der Waals surface area contributed by atoms with Crippen LogP contribution in [0.3, 0.4) is 0 Å². The van der Waals surface area contributed by atoms with E-state index in [9.17, 15) is 0 Å². The lowest BCUT2D eigenvalue weighted by Crippen LogP contribution is -2.62. The maximum atomic E-state index is 4.32. The van der Waals surface area contributed by atoms with Gasteiger partial charge in [-0.1, -0.05) is 34.6 Å². The van der Waals surface area contributed by atoms with Gasteiger partial charge in [0, 0.05) is 50.7 Å². The van der Waals surface area contributed by atoms with Crippen molar-refractivity contribution in [3.8, 4) is 0 Å². The molecule has 0 spiro atoms. The molecule has 2 rings (SSSR count). The number of piperazine rings is 1. The van der Waals surface area contributed by atoms with Gasteiger partial charge in [0.1, 0.15) is 5.82 Å². The van der Waals surface area contributed by atoms with Gasteiger partial charge in [0.05, 0.1) is 0 Å². The van der Waals surface area contributed by atoms with Crippen molar-refractivity contribution in [2.24, 2.45) is 11.3 Å². The third kappa shape index (κ3) is 4.07. The fraction of sp³-hybridized carbons (Fsp3) is 0.824. The van der Waals surface area contributed by atoms with Gasteiger partial charge in [-0.25, -0.2) is 4.98 Å². The van der Waals surface area contributed by atoms with E-state index in [-0.39, 0.29) is 0 Å². The van der Waals surface area contributed by atoms with E-state index in [2.05, 4.69) is 67.5 Å². The minimum atomic E-state index is 0.311. The molecule has 21 heavy (non-hydrogen) atoms. The first-order chi connectivity index (χ1) is 9.79. The van der Waals surface area contributed by atoms with Crippen LogP contribution in [0.5, 0.6) is 0 Å². The summed E-state index contributed by atoms with van der Waals surface area (Å²) in [5.74, 6) is 1.79. The van der Waals surface area contributed by atoms with Crippen LogP contribution < -0.4 is 5.32 Å². The maximum Gasteiger partial charge on any atom is 0.105 e. The summed E-state index contributed by atoms with van der Waals surface area (Å²) in [5.41, 5.74) is 0.311. The van der Waals surface area contributed by atoms with Crippen molar-refractivity contribution in [2.75, 3.05) is 19.6 Å². The van der Waals surface area contributed by atoms with Crippen LogP contribution in [0.4, 0.5) is 0 Å². The Morgan fingerprint density at radius 3 is 2.57 bits per heavy atom. The molecular weight excluding hydrogens is 260 g/mol. The number of nitrogens with one attached hydrogen (secondary N) is 1. The zero-order valence-corrected chi connectivity index (χ0v) is 14.6. The molecule has 0 radical (unpaired) electrons. The molecule has 2 unspecified atom stereocenters. The Hall–Kier alpha value is -0.870. The number of hydrogen-bond acceptors (Lipinski definition) is 3. The highest BCUT2D eigenvalue weighted by molar-refractivity contribution is 4.94. The lowest BCUT2D eigenvalue weighted by atomic mass is 9.83. The lowest BCUT2D eigenvalue weighted by molar-refractivity contribution is 0.0604. The summed E-state index contributed by atoms with van der Waals surface area (Å²) in [6.45, 7) is 18.1. The molecule has 1 fully saturated rings. The molecule has 0 saturated carbocycles. The van der Waals surface area contributed by atoms with Gasteiger partial charge in [-0.3, -0.25) is 4.90 Å². The van der Waals surface area contributed by atoms with Crippen molar-refractivity contribution >= 4 is 0 Å². The molecule has 1 aliphatic heterocycles. The molecule has 2 atom stereocenters.